The first-order valence-electron chi connectivity index (χ1n) is 4.10. The number of hydrogen-bond donors (Lipinski definition) is 0. The molecule has 0 spiro atoms. The minimum Gasteiger partial charge on any atom is -0.280 e. The molecule has 1 aliphatic rings. The van der Waals surface area contributed by atoms with Gasteiger partial charge in [-0.1, -0.05) is 44.4 Å². The van der Waals surface area contributed by atoms with Crippen LogP contribution >= 0.6 is 25.8 Å². The highest BCUT2D eigenvalue weighted by molar-refractivity contribution is 9.47. The zero-order chi connectivity index (χ0) is 8.74. The van der Waals surface area contributed by atoms with E-state index in [2.05, 4.69) is 38.9 Å². The van der Waals surface area contributed by atoms with Gasteiger partial charge in [0.05, 0.1) is 8.07 Å². The van der Waals surface area contributed by atoms with E-state index < -0.39 is 8.07 Å². The van der Waals surface area contributed by atoms with Gasteiger partial charge in [0.1, 0.15) is 0 Å². The molecular formula is C7H15Br2MgSi. The van der Waals surface area contributed by atoms with Gasteiger partial charge < -0.3 is 0 Å². The van der Waals surface area contributed by atoms with Crippen LogP contribution in [0.5, 0.6) is 0 Å². The summed E-state index contributed by atoms with van der Waals surface area (Å²) in [4.78, 5) is 0. The summed E-state index contributed by atoms with van der Waals surface area (Å²) in [5.74, 6) is 0. The molecule has 0 aromatic rings. The first-order chi connectivity index (χ1) is 5.12. The molecule has 0 amide bonds. The first-order valence-corrected chi connectivity index (χ1v) is 15.0. The zero-order valence-corrected chi connectivity index (χ0v) is 12.8. The Hall–Kier alpha value is 1.94. The van der Waals surface area contributed by atoms with E-state index in [1.165, 1.54) is 31.4 Å². The third-order valence-corrected chi connectivity index (χ3v) is 5.18. The minimum atomic E-state index is -0.840. The Labute approximate surface area is 93.4 Å². The van der Waals surface area contributed by atoms with Crippen molar-refractivity contribution < 1.29 is 0 Å². The molecule has 63 valence electrons. The molecule has 0 atom stereocenters. The normalized spacial score (nSPS) is 21.1. The molecule has 11 heavy (non-hydrogen) atoms. The van der Waals surface area contributed by atoms with Gasteiger partial charge in [0.2, 0.25) is 0 Å². The van der Waals surface area contributed by atoms with Crippen LogP contribution in [0.2, 0.25) is 18.6 Å². The number of halogens is 2. The van der Waals surface area contributed by atoms with Crippen molar-refractivity contribution in [2.45, 2.75) is 37.9 Å². The summed E-state index contributed by atoms with van der Waals surface area (Å²) in [5, 5.41) is 0. The quantitative estimate of drug-likeness (QED) is 0.595. The Balaban J connectivity index is 0.000000292. The minimum absolute atomic E-state index is 0.0417. The van der Waals surface area contributed by atoms with Crippen molar-refractivity contribution in [3.8, 4) is 0 Å². The van der Waals surface area contributed by atoms with Gasteiger partial charge >= 0.3 is 16.0 Å². The second kappa shape index (κ2) is 7.36. The van der Waals surface area contributed by atoms with Crippen molar-refractivity contribution >= 4 is 49.9 Å². The molecule has 1 heterocycles. The van der Waals surface area contributed by atoms with Gasteiger partial charge in [-0.3, -0.25) is 25.8 Å². The highest BCUT2D eigenvalue weighted by Crippen LogP contribution is 2.26. The van der Waals surface area contributed by atoms with E-state index in [0.29, 0.717) is 0 Å². The van der Waals surface area contributed by atoms with Crippen molar-refractivity contribution in [3.63, 3.8) is 0 Å². The van der Waals surface area contributed by atoms with E-state index in [-0.39, 0.29) is 16.0 Å². The fourth-order valence-electron chi connectivity index (χ4n) is 1.41. The van der Waals surface area contributed by atoms with Gasteiger partial charge in [-0.15, -0.1) is 0 Å². The Morgan fingerprint density at radius 1 is 1.18 bits per heavy atom. The van der Waals surface area contributed by atoms with Crippen molar-refractivity contribution in [1.29, 1.82) is 0 Å². The second-order valence-electron chi connectivity index (χ2n) is 3.47. The lowest BCUT2D eigenvalue weighted by Gasteiger charge is -2.26. The van der Waals surface area contributed by atoms with Crippen LogP contribution in [0.4, 0.5) is 0 Å². The van der Waals surface area contributed by atoms with Gasteiger partial charge in [0.15, 0.2) is 0 Å². The standard InChI is InChI=1S/C7H15Si.2BrH.Mg/c1-8(2)6-4-3-5-7-8;;;/h1,3-7H2,2H3;2*1H;/q;;;+2/p-2. The van der Waals surface area contributed by atoms with Crippen LogP contribution < -0.4 is 0 Å². The second-order valence-corrected chi connectivity index (χ2v) is 16.2. The first kappa shape index (κ1) is 12.9. The molecule has 0 saturated carbocycles. The Bertz CT molecular complexity index is 90.4. The largest absolute Gasteiger partial charge is 0.560 e. The molecule has 0 N–H and O–H groups in total. The van der Waals surface area contributed by atoms with Gasteiger partial charge in [0, 0.05) is 0 Å². The predicted octanol–water partition coefficient (Wildman–Crippen LogP) is 3.93. The van der Waals surface area contributed by atoms with Crippen LogP contribution in [0.3, 0.4) is 0 Å². The summed E-state index contributed by atoms with van der Waals surface area (Å²) in [6, 6.07) is 2.96. The number of hydrogen-bond acceptors (Lipinski definition) is 0. The lowest BCUT2D eigenvalue weighted by Crippen LogP contribution is -2.28. The molecular weight excluding hydrogens is 296 g/mol. The maximum absolute atomic E-state index is 4.27. The maximum Gasteiger partial charge on any atom is 0.560 e. The molecule has 4 heteroatoms. The molecule has 0 aromatic carbocycles. The van der Waals surface area contributed by atoms with Gasteiger partial charge in [-0.2, -0.15) is 0 Å². The van der Waals surface area contributed by atoms with Crippen molar-refractivity contribution in [1.82, 2.24) is 0 Å². The van der Waals surface area contributed by atoms with E-state index in [0.717, 1.165) is 0 Å². The Morgan fingerprint density at radius 2 is 1.55 bits per heavy atom. The van der Waals surface area contributed by atoms with E-state index in [9.17, 15) is 0 Å². The molecule has 1 saturated heterocycles. The van der Waals surface area contributed by atoms with Gasteiger partial charge in [0.25, 0.3) is 0 Å². The molecule has 1 radical (unpaired) electrons. The molecule has 0 unspecified atom stereocenters. The lowest BCUT2D eigenvalue weighted by atomic mass is 10.3. The average molecular weight is 311 g/mol. The molecule has 0 aromatic heterocycles. The third kappa shape index (κ3) is 8.28. The fraction of sp³-hybridized carbons (Fsp3) is 0.857. The van der Waals surface area contributed by atoms with Crippen molar-refractivity contribution in [3.05, 3.63) is 6.55 Å². The van der Waals surface area contributed by atoms with Crippen molar-refractivity contribution in [2.24, 2.45) is 0 Å². The van der Waals surface area contributed by atoms with Crippen LogP contribution in [-0.2, 0) is 0 Å². The van der Waals surface area contributed by atoms with Crippen LogP contribution in [-0.4, -0.2) is 24.1 Å². The molecule has 0 bridgehead atoms. The lowest BCUT2D eigenvalue weighted by molar-refractivity contribution is 0.716. The van der Waals surface area contributed by atoms with E-state index in [1.54, 1.807) is 0 Å². The highest BCUT2D eigenvalue weighted by Gasteiger charge is 2.22. The number of rotatable bonds is 0. The third-order valence-electron chi connectivity index (χ3n) is 2.06. The summed E-state index contributed by atoms with van der Waals surface area (Å²) < 4.78 is 0. The highest BCUT2D eigenvalue weighted by atomic mass is 79.9. The van der Waals surface area contributed by atoms with Crippen LogP contribution in [0.25, 0.3) is 0 Å². The van der Waals surface area contributed by atoms with E-state index in [4.69, 9.17) is 0 Å². The van der Waals surface area contributed by atoms with Gasteiger partial charge in [-0.05, 0) is 0 Å². The topological polar surface area (TPSA) is 0 Å². The van der Waals surface area contributed by atoms with E-state index in [1.807, 2.05) is 0 Å². The summed E-state index contributed by atoms with van der Waals surface area (Å²) in [6.45, 7) is 6.68. The summed E-state index contributed by atoms with van der Waals surface area (Å²) in [5.41, 5.74) is 0. The van der Waals surface area contributed by atoms with Crippen LogP contribution in [0, 0.1) is 6.55 Å². The molecule has 0 nitrogen and oxygen atoms in total. The van der Waals surface area contributed by atoms with Crippen LogP contribution in [0.15, 0.2) is 0 Å². The molecule has 1 aliphatic heterocycles. The van der Waals surface area contributed by atoms with Crippen molar-refractivity contribution in [2.75, 3.05) is 0 Å². The molecule has 0 aliphatic carbocycles. The monoisotopic (exact) mass is 309 g/mol. The Morgan fingerprint density at radius 3 is 1.73 bits per heavy atom. The summed E-state index contributed by atoms with van der Waals surface area (Å²) >= 11 is 6.44. The summed E-state index contributed by atoms with van der Waals surface area (Å²) in [7, 11) is -0.840. The SMILES string of the molecule is [Br][Mg][Br].[CH2][Si]1(C)CCCCC1. The smallest absolute Gasteiger partial charge is 0.280 e. The average Bonchev–Trinajstić information content (AvgIpc) is 1.88. The maximum atomic E-state index is 4.27. The molecule has 1 fully saturated rings. The molecule has 1 rings (SSSR count). The fourth-order valence-corrected chi connectivity index (χ4v) is 3.86. The van der Waals surface area contributed by atoms with E-state index >= 15 is 0 Å². The summed E-state index contributed by atoms with van der Waals surface area (Å²) in [6.07, 6.45) is 4.40. The van der Waals surface area contributed by atoms with Crippen LogP contribution in [0.1, 0.15) is 19.3 Å². The Kier molecular flexibility index (Phi) is 8.66. The predicted molar refractivity (Wildman–Crippen MR) is 64.0 cm³/mol. The van der Waals surface area contributed by atoms with Gasteiger partial charge in [-0.25, -0.2) is 0 Å². The zero-order valence-electron chi connectivity index (χ0n) is 7.21.